The van der Waals surface area contributed by atoms with Crippen molar-refractivity contribution in [1.82, 2.24) is 14.7 Å². The predicted octanol–water partition coefficient (Wildman–Crippen LogP) is 0.119. The average molecular weight is 251 g/mol. The Labute approximate surface area is 107 Å². The van der Waals surface area contributed by atoms with Gasteiger partial charge in [0, 0.05) is 26.7 Å². The van der Waals surface area contributed by atoms with E-state index in [-0.39, 0.29) is 11.9 Å². The van der Waals surface area contributed by atoms with Crippen LogP contribution in [-0.4, -0.2) is 46.3 Å². The van der Waals surface area contributed by atoms with Crippen molar-refractivity contribution in [3.8, 4) is 0 Å². The van der Waals surface area contributed by atoms with Gasteiger partial charge in [0.1, 0.15) is 11.9 Å². The van der Waals surface area contributed by atoms with E-state index in [2.05, 4.69) is 23.0 Å². The van der Waals surface area contributed by atoms with E-state index in [4.69, 9.17) is 15.9 Å². The first-order valence-corrected chi connectivity index (χ1v) is 6.29. The molecule has 18 heavy (non-hydrogen) atoms. The Kier molecular flexibility index (Phi) is 3.98. The lowest BCUT2D eigenvalue weighted by atomic mass is 10.2. The van der Waals surface area contributed by atoms with Crippen LogP contribution in [0.1, 0.15) is 18.3 Å². The van der Waals surface area contributed by atoms with Crippen molar-refractivity contribution < 1.29 is 4.74 Å². The Hall–Kier alpha value is -1.40. The number of amidine groups is 1. The van der Waals surface area contributed by atoms with E-state index in [1.165, 1.54) is 5.69 Å². The van der Waals surface area contributed by atoms with Gasteiger partial charge >= 0.3 is 0 Å². The summed E-state index contributed by atoms with van der Waals surface area (Å²) in [6.07, 6.45) is 0.685. The Morgan fingerprint density at radius 3 is 3.06 bits per heavy atom. The summed E-state index contributed by atoms with van der Waals surface area (Å²) >= 11 is 0. The van der Waals surface area contributed by atoms with Gasteiger partial charge in [0.25, 0.3) is 0 Å². The number of morpholine rings is 1. The lowest BCUT2D eigenvalue weighted by Gasteiger charge is -2.32. The van der Waals surface area contributed by atoms with Crippen LogP contribution in [0.2, 0.25) is 0 Å². The number of aromatic nitrogens is 2. The zero-order valence-electron chi connectivity index (χ0n) is 11.0. The highest BCUT2D eigenvalue weighted by Crippen LogP contribution is 2.11. The predicted molar refractivity (Wildman–Crippen MR) is 69.5 cm³/mol. The number of rotatable bonds is 4. The van der Waals surface area contributed by atoms with Gasteiger partial charge < -0.3 is 10.5 Å². The van der Waals surface area contributed by atoms with Crippen LogP contribution < -0.4 is 5.73 Å². The van der Waals surface area contributed by atoms with E-state index in [1.54, 1.807) is 0 Å². The van der Waals surface area contributed by atoms with Gasteiger partial charge in [0.05, 0.1) is 18.0 Å². The third-order valence-corrected chi connectivity index (χ3v) is 3.27. The number of hydrogen-bond donors (Lipinski definition) is 2. The third kappa shape index (κ3) is 2.88. The van der Waals surface area contributed by atoms with Crippen molar-refractivity contribution in [2.24, 2.45) is 12.8 Å². The number of aryl methyl sites for hydroxylation is 2. The number of nitrogens with two attached hydrogens (primary N) is 1. The lowest BCUT2D eigenvalue weighted by molar-refractivity contribution is 0.00153. The third-order valence-electron chi connectivity index (χ3n) is 3.27. The number of nitrogens with one attached hydrogen (secondary N) is 1. The molecule has 0 spiro atoms. The molecule has 1 saturated heterocycles. The Balaban J connectivity index is 2.00. The Morgan fingerprint density at radius 2 is 2.44 bits per heavy atom. The second-order valence-electron chi connectivity index (χ2n) is 4.65. The summed E-state index contributed by atoms with van der Waals surface area (Å²) in [6, 6.07) is 2.14. The van der Waals surface area contributed by atoms with Crippen molar-refractivity contribution in [3.05, 3.63) is 17.5 Å². The normalized spacial score (nSPS) is 21.1. The molecular weight excluding hydrogens is 230 g/mol. The molecule has 0 saturated carbocycles. The fourth-order valence-electron chi connectivity index (χ4n) is 2.16. The monoisotopic (exact) mass is 251 g/mol. The lowest BCUT2D eigenvalue weighted by Crippen LogP contribution is -2.47. The number of nitrogens with zero attached hydrogens (tertiary/aromatic N) is 3. The van der Waals surface area contributed by atoms with Crippen LogP contribution in [0.3, 0.4) is 0 Å². The van der Waals surface area contributed by atoms with Crippen molar-refractivity contribution in [1.29, 1.82) is 5.41 Å². The molecule has 1 aliphatic rings. The van der Waals surface area contributed by atoms with Crippen molar-refractivity contribution in [2.45, 2.75) is 26.0 Å². The van der Waals surface area contributed by atoms with Crippen LogP contribution in [-0.2, 0) is 24.8 Å². The maximum atomic E-state index is 7.44. The van der Waals surface area contributed by atoms with Gasteiger partial charge in [-0.3, -0.25) is 15.0 Å². The molecule has 2 heterocycles. The van der Waals surface area contributed by atoms with E-state index >= 15 is 0 Å². The minimum Gasteiger partial charge on any atom is -0.385 e. The average Bonchev–Trinajstić information content (AvgIpc) is 2.70. The first kappa shape index (κ1) is 13.0. The SMILES string of the molecule is CCc1cc(CN2CCOC(C(=N)N)C2)n(C)n1. The Morgan fingerprint density at radius 1 is 1.67 bits per heavy atom. The fourth-order valence-corrected chi connectivity index (χ4v) is 2.16. The van der Waals surface area contributed by atoms with Crippen LogP contribution >= 0.6 is 0 Å². The molecule has 1 unspecified atom stereocenters. The van der Waals surface area contributed by atoms with Gasteiger partial charge in [-0.2, -0.15) is 5.10 Å². The highest BCUT2D eigenvalue weighted by Gasteiger charge is 2.23. The molecule has 2 rings (SSSR count). The van der Waals surface area contributed by atoms with E-state index in [0.717, 1.165) is 25.2 Å². The Bertz CT molecular complexity index is 428. The smallest absolute Gasteiger partial charge is 0.127 e. The van der Waals surface area contributed by atoms with Crippen LogP contribution in [0.5, 0.6) is 0 Å². The summed E-state index contributed by atoms with van der Waals surface area (Å²) in [5.74, 6) is 0.110. The topological polar surface area (TPSA) is 80.2 Å². The first-order valence-electron chi connectivity index (χ1n) is 6.29. The van der Waals surface area contributed by atoms with Crippen LogP contribution in [0.15, 0.2) is 6.07 Å². The van der Waals surface area contributed by atoms with Gasteiger partial charge in [0.15, 0.2) is 0 Å². The molecule has 0 aliphatic carbocycles. The van der Waals surface area contributed by atoms with E-state index in [1.807, 2.05) is 11.7 Å². The summed E-state index contributed by atoms with van der Waals surface area (Å²) in [7, 11) is 1.97. The zero-order valence-corrected chi connectivity index (χ0v) is 11.0. The molecule has 100 valence electrons. The largest absolute Gasteiger partial charge is 0.385 e. The molecule has 0 amide bonds. The zero-order chi connectivity index (χ0) is 13.1. The summed E-state index contributed by atoms with van der Waals surface area (Å²) in [5, 5.41) is 11.9. The van der Waals surface area contributed by atoms with Crippen LogP contribution in [0.25, 0.3) is 0 Å². The molecular formula is C12H21N5O. The quantitative estimate of drug-likeness (QED) is 0.588. The van der Waals surface area contributed by atoms with Gasteiger partial charge in [0.2, 0.25) is 0 Å². The van der Waals surface area contributed by atoms with E-state index < -0.39 is 0 Å². The van der Waals surface area contributed by atoms with Gasteiger partial charge in [-0.25, -0.2) is 0 Å². The minimum absolute atomic E-state index is 0.110. The number of ether oxygens (including phenoxy) is 1. The molecule has 1 aromatic rings. The van der Waals surface area contributed by atoms with Crippen molar-refractivity contribution in [2.75, 3.05) is 19.7 Å². The molecule has 6 heteroatoms. The maximum Gasteiger partial charge on any atom is 0.127 e. The van der Waals surface area contributed by atoms with Crippen LogP contribution in [0.4, 0.5) is 0 Å². The standard InChI is InChI=1S/C12H21N5O/c1-3-9-6-10(16(2)15-9)7-17-4-5-18-11(8-17)12(13)14/h6,11H,3-5,7-8H2,1-2H3,(H3,13,14). The second kappa shape index (κ2) is 5.49. The van der Waals surface area contributed by atoms with E-state index in [0.29, 0.717) is 13.2 Å². The molecule has 0 radical (unpaired) electrons. The molecule has 1 aromatic heterocycles. The second-order valence-corrected chi connectivity index (χ2v) is 4.65. The molecule has 0 bridgehead atoms. The minimum atomic E-state index is -0.266. The van der Waals surface area contributed by atoms with E-state index in [9.17, 15) is 0 Å². The van der Waals surface area contributed by atoms with Gasteiger partial charge in [-0.1, -0.05) is 6.92 Å². The van der Waals surface area contributed by atoms with Gasteiger partial charge in [-0.15, -0.1) is 0 Å². The number of hydrogen-bond acceptors (Lipinski definition) is 4. The summed E-state index contributed by atoms with van der Waals surface area (Å²) in [5.41, 5.74) is 7.80. The highest BCUT2D eigenvalue weighted by atomic mass is 16.5. The van der Waals surface area contributed by atoms with Crippen molar-refractivity contribution in [3.63, 3.8) is 0 Å². The fraction of sp³-hybridized carbons (Fsp3) is 0.667. The summed E-state index contributed by atoms with van der Waals surface area (Å²) in [6.45, 7) is 5.12. The van der Waals surface area contributed by atoms with Crippen LogP contribution in [0, 0.1) is 5.41 Å². The molecule has 0 aromatic carbocycles. The molecule has 6 nitrogen and oxygen atoms in total. The maximum absolute atomic E-state index is 7.44. The highest BCUT2D eigenvalue weighted by molar-refractivity contribution is 5.82. The molecule has 3 N–H and O–H groups in total. The summed E-state index contributed by atoms with van der Waals surface area (Å²) < 4.78 is 7.38. The first-order chi connectivity index (χ1) is 8.60. The van der Waals surface area contributed by atoms with Gasteiger partial charge in [-0.05, 0) is 12.5 Å². The molecule has 1 atom stereocenters. The molecule has 1 fully saturated rings. The van der Waals surface area contributed by atoms with Crippen molar-refractivity contribution >= 4 is 5.84 Å². The molecule has 1 aliphatic heterocycles. The summed E-state index contributed by atoms with van der Waals surface area (Å²) in [4.78, 5) is 2.26.